The molecule has 2 aromatic rings. The molecular weight excluding hydrogens is 322 g/mol. The number of fused-ring (bicyclic) bond motifs is 1. The van der Waals surface area contributed by atoms with Gasteiger partial charge < -0.3 is 9.74 Å². The maximum atomic E-state index is 6.29. The third-order valence-electron chi connectivity index (χ3n) is 4.73. The topological polar surface area (TPSA) is 28.1 Å². The first-order valence-electron chi connectivity index (χ1n) is 8.23. The Balaban J connectivity index is 1.52. The molecule has 0 saturated carbocycles. The van der Waals surface area contributed by atoms with Crippen LogP contribution in [0.15, 0.2) is 53.7 Å². The molecular formula is C19H20ClN3O. The smallest absolute Gasteiger partial charge is 0.199 e. The summed E-state index contributed by atoms with van der Waals surface area (Å²) in [4.78, 5) is 10.3. The highest BCUT2D eigenvalue weighted by atomic mass is 35.5. The summed E-state index contributed by atoms with van der Waals surface area (Å²) in [5.74, 6) is 0.786. The van der Waals surface area contributed by atoms with Crippen LogP contribution in [-0.4, -0.2) is 42.0 Å². The Hall–Kier alpha value is -2.04. The van der Waals surface area contributed by atoms with Crippen LogP contribution >= 0.6 is 11.6 Å². The number of rotatable bonds is 2. The van der Waals surface area contributed by atoms with Crippen molar-refractivity contribution in [3.05, 3.63) is 70.2 Å². The summed E-state index contributed by atoms with van der Waals surface area (Å²) in [5, 5.41) is 5.06. The van der Waals surface area contributed by atoms with Crippen molar-refractivity contribution in [2.45, 2.75) is 19.2 Å². The normalized spacial score (nSPS) is 21.0. The molecule has 2 aromatic carbocycles. The summed E-state index contributed by atoms with van der Waals surface area (Å²) in [6.07, 6.45) is 1.02. The van der Waals surface area contributed by atoms with Crippen molar-refractivity contribution in [2.75, 3.05) is 20.1 Å². The van der Waals surface area contributed by atoms with E-state index in [2.05, 4.69) is 39.2 Å². The molecule has 1 unspecified atom stereocenters. The van der Waals surface area contributed by atoms with Crippen LogP contribution in [0.25, 0.3) is 0 Å². The van der Waals surface area contributed by atoms with E-state index >= 15 is 0 Å². The first-order chi connectivity index (χ1) is 11.7. The summed E-state index contributed by atoms with van der Waals surface area (Å²) in [6, 6.07) is 16.4. The average Bonchev–Trinajstić information content (AvgIpc) is 2.62. The van der Waals surface area contributed by atoms with Crippen molar-refractivity contribution in [3.63, 3.8) is 0 Å². The highest BCUT2D eigenvalue weighted by Gasteiger charge is 2.30. The van der Waals surface area contributed by atoms with Gasteiger partial charge in [0.1, 0.15) is 0 Å². The van der Waals surface area contributed by atoms with Crippen LogP contribution in [0.3, 0.4) is 0 Å². The third kappa shape index (κ3) is 2.87. The van der Waals surface area contributed by atoms with Gasteiger partial charge in [0.15, 0.2) is 12.1 Å². The molecule has 5 heteroatoms. The van der Waals surface area contributed by atoms with Gasteiger partial charge in [-0.15, -0.1) is 0 Å². The monoisotopic (exact) mass is 341 g/mol. The first-order valence-corrected chi connectivity index (χ1v) is 8.61. The number of likely N-dealkylation sites (N-methyl/N-ethyl adjacent to an activating group) is 1. The van der Waals surface area contributed by atoms with Gasteiger partial charge in [0.2, 0.25) is 0 Å². The van der Waals surface area contributed by atoms with E-state index in [1.807, 2.05) is 31.3 Å². The molecule has 2 heterocycles. The van der Waals surface area contributed by atoms with Crippen LogP contribution in [0.4, 0.5) is 0 Å². The fourth-order valence-corrected chi connectivity index (χ4v) is 3.60. The largest absolute Gasteiger partial charge is 0.373 e. The Labute approximate surface area is 147 Å². The van der Waals surface area contributed by atoms with Gasteiger partial charge in [-0.25, -0.2) is 0 Å². The van der Waals surface area contributed by atoms with E-state index in [1.165, 1.54) is 11.1 Å². The zero-order valence-electron chi connectivity index (χ0n) is 13.7. The van der Waals surface area contributed by atoms with E-state index in [1.54, 1.807) is 0 Å². The number of amidine groups is 1. The molecule has 24 heavy (non-hydrogen) atoms. The summed E-state index contributed by atoms with van der Waals surface area (Å²) in [5.41, 5.74) is 3.73. The lowest BCUT2D eigenvalue weighted by molar-refractivity contribution is -0.0843. The fraction of sp³-hybridized carbons (Fsp3) is 0.316. The van der Waals surface area contributed by atoms with E-state index in [-0.39, 0.29) is 6.23 Å². The second-order valence-corrected chi connectivity index (χ2v) is 6.73. The van der Waals surface area contributed by atoms with Gasteiger partial charge in [-0.2, -0.15) is 0 Å². The van der Waals surface area contributed by atoms with Crippen LogP contribution in [0, 0.1) is 0 Å². The van der Waals surface area contributed by atoms with E-state index in [9.17, 15) is 0 Å². The number of hydrogen-bond donors (Lipinski definition) is 0. The minimum Gasteiger partial charge on any atom is -0.373 e. The van der Waals surface area contributed by atoms with Crippen molar-refractivity contribution in [1.29, 1.82) is 0 Å². The Kier molecular flexibility index (Phi) is 4.17. The van der Waals surface area contributed by atoms with Gasteiger partial charge in [-0.1, -0.05) is 53.2 Å². The molecule has 0 spiro atoms. The second kappa shape index (κ2) is 6.46. The first kappa shape index (κ1) is 15.5. The summed E-state index contributed by atoms with van der Waals surface area (Å²) in [7, 11) is 2.04. The number of benzene rings is 2. The second-order valence-electron chi connectivity index (χ2n) is 6.32. The van der Waals surface area contributed by atoms with Crippen LogP contribution in [0.2, 0.25) is 5.02 Å². The van der Waals surface area contributed by atoms with Crippen LogP contribution in [0.5, 0.6) is 0 Å². The van der Waals surface area contributed by atoms with Crippen LogP contribution in [-0.2, 0) is 17.8 Å². The molecule has 0 aliphatic carbocycles. The molecule has 0 bridgehead atoms. The highest BCUT2D eigenvalue weighted by molar-refractivity contribution is 6.34. The fourth-order valence-electron chi connectivity index (χ4n) is 3.38. The van der Waals surface area contributed by atoms with Crippen molar-refractivity contribution in [2.24, 2.45) is 5.16 Å². The Morgan fingerprint density at radius 1 is 1.08 bits per heavy atom. The Morgan fingerprint density at radius 3 is 2.62 bits per heavy atom. The lowest BCUT2D eigenvalue weighted by Gasteiger charge is -2.38. The van der Waals surface area contributed by atoms with Crippen molar-refractivity contribution < 1.29 is 4.84 Å². The predicted octanol–water partition coefficient (Wildman–Crippen LogP) is 3.35. The third-order valence-corrected chi connectivity index (χ3v) is 5.06. The number of halogens is 1. The maximum Gasteiger partial charge on any atom is 0.199 e. The SMILES string of the molecule is CN1CC(N2CCc3ccccc3C2)ON=C1c1ccccc1Cl. The van der Waals surface area contributed by atoms with Gasteiger partial charge in [-0.3, -0.25) is 4.90 Å². The zero-order valence-corrected chi connectivity index (χ0v) is 14.4. The molecule has 4 rings (SSSR count). The maximum absolute atomic E-state index is 6.29. The van der Waals surface area contributed by atoms with E-state index in [4.69, 9.17) is 16.4 Å². The van der Waals surface area contributed by atoms with Crippen LogP contribution < -0.4 is 0 Å². The van der Waals surface area contributed by atoms with Gasteiger partial charge in [-0.05, 0) is 29.7 Å². The summed E-state index contributed by atoms with van der Waals surface area (Å²) < 4.78 is 0. The molecule has 2 aliphatic heterocycles. The van der Waals surface area contributed by atoms with Gasteiger partial charge in [0.25, 0.3) is 0 Å². The minimum atomic E-state index is -0.0328. The summed E-state index contributed by atoms with van der Waals surface area (Å²) in [6.45, 7) is 2.67. The average molecular weight is 342 g/mol. The highest BCUT2D eigenvalue weighted by Crippen LogP contribution is 2.24. The lowest BCUT2D eigenvalue weighted by Crippen LogP contribution is -2.50. The Bertz CT molecular complexity index is 777. The van der Waals surface area contributed by atoms with Crippen molar-refractivity contribution in [3.8, 4) is 0 Å². The van der Waals surface area contributed by atoms with Gasteiger partial charge in [0, 0.05) is 25.7 Å². The molecule has 0 aromatic heterocycles. The lowest BCUT2D eigenvalue weighted by atomic mass is 10.00. The molecule has 2 aliphatic rings. The number of oxime groups is 1. The Morgan fingerprint density at radius 2 is 1.83 bits per heavy atom. The van der Waals surface area contributed by atoms with Crippen molar-refractivity contribution >= 4 is 17.4 Å². The van der Waals surface area contributed by atoms with E-state index < -0.39 is 0 Å². The molecule has 0 saturated heterocycles. The van der Waals surface area contributed by atoms with E-state index in [0.29, 0.717) is 5.02 Å². The molecule has 1 atom stereocenters. The standard InChI is InChI=1S/C19H20ClN3O/c1-22-13-18(23-11-10-14-6-2-3-7-15(14)12-23)24-21-19(22)16-8-4-5-9-17(16)20/h2-9,18H,10-13H2,1H3. The van der Waals surface area contributed by atoms with Gasteiger partial charge >= 0.3 is 0 Å². The molecule has 124 valence electrons. The predicted molar refractivity (Wildman–Crippen MR) is 96.0 cm³/mol. The van der Waals surface area contributed by atoms with Crippen molar-refractivity contribution in [1.82, 2.24) is 9.80 Å². The minimum absolute atomic E-state index is 0.0328. The van der Waals surface area contributed by atoms with Gasteiger partial charge in [0.05, 0.1) is 11.6 Å². The number of nitrogens with zero attached hydrogens (tertiary/aromatic N) is 3. The summed E-state index contributed by atoms with van der Waals surface area (Å²) >= 11 is 6.29. The molecule has 0 fully saturated rings. The molecule has 0 N–H and O–H groups in total. The number of hydrogen-bond acceptors (Lipinski definition) is 4. The quantitative estimate of drug-likeness (QED) is 0.838. The molecule has 0 amide bonds. The van der Waals surface area contributed by atoms with Crippen LogP contribution in [0.1, 0.15) is 16.7 Å². The molecule has 0 radical (unpaired) electrons. The molecule has 4 nitrogen and oxygen atoms in total. The zero-order chi connectivity index (χ0) is 16.5. The van der Waals surface area contributed by atoms with E-state index in [0.717, 1.165) is 37.5 Å².